The molecule has 2 heterocycles. The molecule has 0 radical (unpaired) electrons. The molecule has 1 amide bonds. The van der Waals surface area contributed by atoms with Crippen LogP contribution in [0.2, 0.25) is 0 Å². The van der Waals surface area contributed by atoms with Crippen molar-refractivity contribution in [3.05, 3.63) is 10.6 Å². The molecular formula is C12H18N4O3S2. The highest BCUT2D eigenvalue weighted by molar-refractivity contribution is 7.90. The molecule has 0 saturated heterocycles. The maximum Gasteiger partial charge on any atom is 0.265 e. The van der Waals surface area contributed by atoms with Crippen LogP contribution in [0.15, 0.2) is 0 Å². The number of carbonyl (C=O) groups is 1. The molecule has 0 fully saturated rings. The van der Waals surface area contributed by atoms with Crippen LogP contribution in [-0.4, -0.2) is 54.6 Å². The third-order valence-corrected chi connectivity index (χ3v) is 5.41. The highest BCUT2D eigenvalue weighted by Gasteiger charge is 2.23. The summed E-state index contributed by atoms with van der Waals surface area (Å²) in [5.41, 5.74) is 7.26. The van der Waals surface area contributed by atoms with Gasteiger partial charge in [0.15, 0.2) is 0 Å². The topological polar surface area (TPSA) is 98.3 Å². The summed E-state index contributed by atoms with van der Waals surface area (Å²) in [6, 6.07) is 0. The zero-order valence-corrected chi connectivity index (χ0v) is 14.0. The minimum atomic E-state index is -3.11. The average Bonchev–Trinajstić information content (AvgIpc) is 2.84. The summed E-state index contributed by atoms with van der Waals surface area (Å²) >= 11 is 1.28. The molecule has 0 spiro atoms. The fourth-order valence-electron chi connectivity index (χ4n) is 2.07. The first kappa shape index (κ1) is 15.8. The number of aryl methyl sites for hydroxylation is 2. The molecule has 2 aromatic rings. The fraction of sp³-hybridized carbons (Fsp3) is 0.500. The number of anilines is 1. The Hall–Kier alpha value is -1.61. The van der Waals surface area contributed by atoms with Crippen LogP contribution < -0.4 is 5.73 Å². The quantitative estimate of drug-likeness (QED) is 0.887. The van der Waals surface area contributed by atoms with Gasteiger partial charge in [-0.2, -0.15) is 5.10 Å². The predicted octanol–water partition coefficient (Wildman–Crippen LogP) is 0.642. The van der Waals surface area contributed by atoms with Crippen molar-refractivity contribution in [3.63, 3.8) is 0 Å². The molecule has 2 aromatic heterocycles. The van der Waals surface area contributed by atoms with E-state index in [0.29, 0.717) is 10.6 Å². The molecule has 0 unspecified atom stereocenters. The third kappa shape index (κ3) is 3.03. The zero-order valence-electron chi connectivity index (χ0n) is 12.4. The van der Waals surface area contributed by atoms with Gasteiger partial charge in [-0.05, 0) is 6.92 Å². The number of amides is 1. The number of nitrogens with two attached hydrogens (primary N) is 1. The van der Waals surface area contributed by atoms with Crippen molar-refractivity contribution in [2.45, 2.75) is 6.92 Å². The summed E-state index contributed by atoms with van der Waals surface area (Å²) in [6.07, 6.45) is 1.15. The Morgan fingerprint density at radius 2 is 2.10 bits per heavy atom. The van der Waals surface area contributed by atoms with Gasteiger partial charge in [0.25, 0.3) is 5.91 Å². The number of fused-ring (bicyclic) bond motifs is 1. The van der Waals surface area contributed by atoms with Crippen molar-refractivity contribution in [1.29, 1.82) is 0 Å². The Kier molecular flexibility index (Phi) is 3.98. The van der Waals surface area contributed by atoms with Crippen LogP contribution in [0.4, 0.5) is 5.69 Å². The van der Waals surface area contributed by atoms with Crippen molar-refractivity contribution < 1.29 is 13.2 Å². The molecular weight excluding hydrogens is 312 g/mol. The Balaban J connectivity index is 2.31. The summed E-state index contributed by atoms with van der Waals surface area (Å²) in [6.45, 7) is 1.98. The van der Waals surface area contributed by atoms with Crippen LogP contribution in [0.25, 0.3) is 10.2 Å². The second-order valence-corrected chi connectivity index (χ2v) is 8.35. The molecule has 0 bridgehead atoms. The summed E-state index contributed by atoms with van der Waals surface area (Å²) < 4.78 is 24.1. The minimum absolute atomic E-state index is 0.0688. The van der Waals surface area contributed by atoms with Gasteiger partial charge < -0.3 is 10.6 Å². The van der Waals surface area contributed by atoms with E-state index in [9.17, 15) is 13.2 Å². The lowest BCUT2D eigenvalue weighted by atomic mass is 10.2. The van der Waals surface area contributed by atoms with E-state index in [-0.39, 0.29) is 18.2 Å². The van der Waals surface area contributed by atoms with Gasteiger partial charge >= 0.3 is 0 Å². The number of hydrogen-bond donors (Lipinski definition) is 1. The van der Waals surface area contributed by atoms with E-state index in [1.807, 2.05) is 6.92 Å². The van der Waals surface area contributed by atoms with Gasteiger partial charge in [0.1, 0.15) is 19.5 Å². The summed E-state index contributed by atoms with van der Waals surface area (Å²) in [5, 5.41) is 5.06. The first-order valence-corrected chi connectivity index (χ1v) is 9.14. The van der Waals surface area contributed by atoms with Gasteiger partial charge in [-0.3, -0.25) is 9.48 Å². The first-order chi connectivity index (χ1) is 9.61. The molecule has 2 N–H and O–H groups in total. The van der Waals surface area contributed by atoms with Crippen LogP contribution >= 0.6 is 11.3 Å². The maximum absolute atomic E-state index is 12.4. The number of thiophene rings is 1. The van der Waals surface area contributed by atoms with Gasteiger partial charge in [-0.25, -0.2) is 8.42 Å². The van der Waals surface area contributed by atoms with E-state index < -0.39 is 9.84 Å². The summed E-state index contributed by atoms with van der Waals surface area (Å²) in [7, 11) is 0.262. The highest BCUT2D eigenvalue weighted by Crippen LogP contribution is 2.35. The molecule has 0 aliphatic rings. The third-order valence-electron chi connectivity index (χ3n) is 3.22. The number of sulfone groups is 1. The number of carbonyl (C=O) groups excluding carboxylic acids is 1. The monoisotopic (exact) mass is 330 g/mol. The van der Waals surface area contributed by atoms with Gasteiger partial charge in [-0.15, -0.1) is 11.3 Å². The first-order valence-electron chi connectivity index (χ1n) is 6.26. The van der Waals surface area contributed by atoms with E-state index in [4.69, 9.17) is 5.73 Å². The van der Waals surface area contributed by atoms with Gasteiger partial charge in [0.2, 0.25) is 0 Å². The average molecular weight is 330 g/mol. The predicted molar refractivity (Wildman–Crippen MR) is 84.4 cm³/mol. The Bertz CT molecular complexity index is 804. The Morgan fingerprint density at radius 1 is 1.48 bits per heavy atom. The SMILES string of the molecule is Cc1nn(C)c2sc(C(=O)N(C)CCS(C)(=O)=O)c(N)c12. The molecule has 9 heteroatoms. The van der Waals surface area contributed by atoms with E-state index in [0.717, 1.165) is 22.2 Å². The zero-order chi connectivity index (χ0) is 15.9. The Morgan fingerprint density at radius 3 is 2.62 bits per heavy atom. The lowest BCUT2D eigenvalue weighted by Gasteiger charge is -2.15. The maximum atomic E-state index is 12.4. The minimum Gasteiger partial charge on any atom is -0.397 e. The van der Waals surface area contributed by atoms with Gasteiger partial charge in [0.05, 0.1) is 22.5 Å². The molecule has 7 nitrogen and oxygen atoms in total. The molecule has 116 valence electrons. The number of rotatable bonds is 4. The molecule has 21 heavy (non-hydrogen) atoms. The van der Waals surface area contributed by atoms with E-state index in [1.54, 1.807) is 18.8 Å². The molecule has 0 saturated carbocycles. The normalized spacial score (nSPS) is 12.0. The second-order valence-electron chi connectivity index (χ2n) is 5.09. The lowest BCUT2D eigenvalue weighted by molar-refractivity contribution is 0.0809. The Labute approximate surface area is 127 Å². The van der Waals surface area contributed by atoms with Crippen molar-refractivity contribution in [3.8, 4) is 0 Å². The largest absolute Gasteiger partial charge is 0.397 e. The van der Waals surface area contributed by atoms with Crippen molar-refractivity contribution >= 4 is 43.0 Å². The summed E-state index contributed by atoms with van der Waals surface area (Å²) in [4.78, 5) is 15.0. The van der Waals surface area contributed by atoms with E-state index in [2.05, 4.69) is 5.10 Å². The van der Waals surface area contributed by atoms with Crippen LogP contribution in [-0.2, 0) is 16.9 Å². The highest BCUT2D eigenvalue weighted by atomic mass is 32.2. The number of hydrogen-bond acceptors (Lipinski definition) is 6. The molecule has 0 aromatic carbocycles. The van der Waals surface area contributed by atoms with Crippen molar-refractivity contribution in [1.82, 2.24) is 14.7 Å². The second kappa shape index (κ2) is 5.30. The summed E-state index contributed by atoms with van der Waals surface area (Å²) in [5.74, 6) is -0.336. The van der Waals surface area contributed by atoms with Gasteiger partial charge in [-0.1, -0.05) is 0 Å². The smallest absolute Gasteiger partial charge is 0.265 e. The standard InChI is InChI=1S/C12H18N4O3S2/c1-7-8-9(13)10(20-12(8)16(3)14-7)11(17)15(2)5-6-21(4,18)19/h5-6,13H2,1-4H3. The molecule has 0 aliphatic carbocycles. The van der Waals surface area contributed by atoms with Gasteiger partial charge in [0, 0.05) is 26.9 Å². The molecule has 0 atom stereocenters. The number of nitrogen functional groups attached to an aromatic ring is 1. The van der Waals surface area contributed by atoms with Crippen LogP contribution in [0.3, 0.4) is 0 Å². The number of nitrogens with zero attached hydrogens (tertiary/aromatic N) is 3. The van der Waals surface area contributed by atoms with Crippen LogP contribution in [0, 0.1) is 6.92 Å². The van der Waals surface area contributed by atoms with E-state index in [1.165, 1.54) is 16.2 Å². The fourth-order valence-corrected chi connectivity index (χ4v) is 3.85. The lowest BCUT2D eigenvalue weighted by Crippen LogP contribution is -2.31. The van der Waals surface area contributed by atoms with Crippen molar-refractivity contribution in [2.75, 3.05) is 31.3 Å². The molecule has 2 rings (SSSR count). The van der Waals surface area contributed by atoms with Crippen LogP contribution in [0.1, 0.15) is 15.4 Å². The molecule has 0 aliphatic heterocycles. The van der Waals surface area contributed by atoms with E-state index >= 15 is 0 Å². The van der Waals surface area contributed by atoms with Crippen molar-refractivity contribution in [2.24, 2.45) is 7.05 Å². The van der Waals surface area contributed by atoms with Crippen LogP contribution in [0.5, 0.6) is 0 Å². The number of aromatic nitrogens is 2.